The van der Waals surface area contributed by atoms with E-state index in [1.54, 1.807) is 17.2 Å². The van der Waals surface area contributed by atoms with E-state index in [0.29, 0.717) is 24.6 Å². The van der Waals surface area contributed by atoms with Crippen LogP contribution in [0.5, 0.6) is 0 Å². The predicted octanol–water partition coefficient (Wildman–Crippen LogP) is 2.15. The van der Waals surface area contributed by atoms with Crippen LogP contribution in [0.3, 0.4) is 0 Å². The van der Waals surface area contributed by atoms with Gasteiger partial charge in [-0.3, -0.25) is 0 Å². The Labute approximate surface area is 142 Å². The number of methoxy groups -OCH3 is 1. The number of esters is 1. The first kappa shape index (κ1) is 18.3. The third kappa shape index (κ3) is 4.99. The number of carbonyl (C=O) groups is 2. The highest BCUT2D eigenvalue weighted by molar-refractivity contribution is 5.90. The second-order valence-electron chi connectivity index (χ2n) is 7.07. The third-order valence-corrected chi connectivity index (χ3v) is 3.91. The van der Waals surface area contributed by atoms with Gasteiger partial charge in [0.25, 0.3) is 0 Å². The van der Waals surface area contributed by atoms with Crippen LogP contribution in [0.2, 0.25) is 0 Å². The molecule has 0 saturated carbocycles. The number of H-pyrrole nitrogens is 1. The highest BCUT2D eigenvalue weighted by Gasteiger charge is 2.29. The maximum atomic E-state index is 12.0. The topological polar surface area (TPSA) is 83.7 Å². The largest absolute Gasteiger partial charge is 0.465 e. The average molecular weight is 337 g/mol. The summed E-state index contributed by atoms with van der Waals surface area (Å²) in [5.41, 5.74) is 0.890. The molecular weight excluding hydrogens is 310 g/mol. The Bertz CT molecular complexity index is 577. The minimum Gasteiger partial charge on any atom is -0.465 e. The molecule has 1 unspecified atom stereocenters. The molecule has 7 heteroatoms. The summed E-state index contributed by atoms with van der Waals surface area (Å²) < 4.78 is 10.1. The van der Waals surface area contributed by atoms with Crippen molar-refractivity contribution in [3.63, 3.8) is 0 Å². The lowest BCUT2D eigenvalue weighted by Gasteiger charge is -2.24. The fraction of sp³-hybridized carbons (Fsp3) is 0.647. The number of likely N-dealkylation sites (tertiary alicyclic amines) is 1. The molecule has 2 heterocycles. The van der Waals surface area contributed by atoms with Crippen LogP contribution in [0.15, 0.2) is 12.3 Å². The van der Waals surface area contributed by atoms with Gasteiger partial charge in [-0.2, -0.15) is 0 Å². The van der Waals surface area contributed by atoms with Crippen molar-refractivity contribution in [1.29, 1.82) is 0 Å². The molecule has 1 saturated heterocycles. The monoisotopic (exact) mass is 337 g/mol. The van der Waals surface area contributed by atoms with Crippen molar-refractivity contribution >= 4 is 12.1 Å². The van der Waals surface area contributed by atoms with Crippen LogP contribution >= 0.6 is 0 Å². The summed E-state index contributed by atoms with van der Waals surface area (Å²) in [6.45, 7) is 8.35. The Morgan fingerprint density at radius 2 is 2.17 bits per heavy atom. The van der Waals surface area contributed by atoms with Gasteiger partial charge in [-0.15, -0.1) is 0 Å². The molecule has 2 N–H and O–H groups in total. The van der Waals surface area contributed by atoms with Crippen molar-refractivity contribution in [1.82, 2.24) is 15.2 Å². The Morgan fingerprint density at radius 3 is 2.83 bits per heavy atom. The number of aromatic amines is 1. The van der Waals surface area contributed by atoms with Gasteiger partial charge >= 0.3 is 12.1 Å². The number of rotatable bonds is 5. The first-order valence-electron chi connectivity index (χ1n) is 8.23. The summed E-state index contributed by atoms with van der Waals surface area (Å²) in [5, 5.41) is 3.34. The summed E-state index contributed by atoms with van der Waals surface area (Å²) in [7, 11) is 1.37. The number of nitrogens with zero attached hydrogens (tertiary/aromatic N) is 1. The standard InChI is InChI=1S/C17H27N3O4/c1-17(2,3)24-16(22)20-8-6-12(11-20)9-18-10-14-13(5-7-19-14)15(21)23-4/h5,7,12,18-19H,6,8-11H2,1-4H3. The zero-order valence-corrected chi connectivity index (χ0v) is 14.8. The van der Waals surface area contributed by atoms with Crippen molar-refractivity contribution in [2.45, 2.75) is 39.3 Å². The van der Waals surface area contributed by atoms with E-state index in [0.717, 1.165) is 25.2 Å². The molecule has 1 amide bonds. The Morgan fingerprint density at radius 1 is 1.42 bits per heavy atom. The zero-order chi connectivity index (χ0) is 17.7. The van der Waals surface area contributed by atoms with Crippen molar-refractivity contribution in [2.24, 2.45) is 5.92 Å². The zero-order valence-electron chi connectivity index (χ0n) is 14.8. The van der Waals surface area contributed by atoms with Crippen LogP contribution in [0.4, 0.5) is 4.79 Å². The maximum Gasteiger partial charge on any atom is 0.410 e. The molecule has 2 rings (SSSR count). The van der Waals surface area contributed by atoms with Crippen molar-refractivity contribution in [3.05, 3.63) is 23.5 Å². The van der Waals surface area contributed by atoms with Gasteiger partial charge in [0.2, 0.25) is 0 Å². The van der Waals surface area contributed by atoms with Gasteiger partial charge < -0.3 is 24.7 Å². The second kappa shape index (κ2) is 7.70. The van der Waals surface area contributed by atoms with Crippen LogP contribution in [0.1, 0.15) is 43.2 Å². The van der Waals surface area contributed by atoms with E-state index in [9.17, 15) is 9.59 Å². The molecule has 1 aromatic rings. The van der Waals surface area contributed by atoms with Gasteiger partial charge in [0.05, 0.1) is 12.7 Å². The van der Waals surface area contributed by atoms with Crippen molar-refractivity contribution in [2.75, 3.05) is 26.7 Å². The van der Waals surface area contributed by atoms with Crippen LogP contribution < -0.4 is 5.32 Å². The van der Waals surface area contributed by atoms with E-state index in [1.807, 2.05) is 20.8 Å². The fourth-order valence-corrected chi connectivity index (χ4v) is 2.74. The smallest absolute Gasteiger partial charge is 0.410 e. The molecule has 0 spiro atoms. The van der Waals surface area contributed by atoms with Gasteiger partial charge in [0.1, 0.15) is 5.60 Å². The molecule has 1 aromatic heterocycles. The molecular formula is C17H27N3O4. The summed E-state index contributed by atoms with van der Waals surface area (Å²) in [6.07, 6.45) is 2.42. The minimum atomic E-state index is -0.467. The summed E-state index contributed by atoms with van der Waals surface area (Å²) in [6, 6.07) is 1.71. The number of ether oxygens (including phenoxy) is 2. The van der Waals surface area contributed by atoms with E-state index < -0.39 is 5.60 Å². The van der Waals surface area contributed by atoms with Crippen LogP contribution in [-0.2, 0) is 16.0 Å². The van der Waals surface area contributed by atoms with Gasteiger partial charge in [0.15, 0.2) is 0 Å². The Kier molecular flexibility index (Phi) is 5.88. The number of aromatic nitrogens is 1. The lowest BCUT2D eigenvalue weighted by molar-refractivity contribution is 0.0288. The number of nitrogens with one attached hydrogen (secondary N) is 2. The molecule has 1 aliphatic rings. The van der Waals surface area contributed by atoms with E-state index >= 15 is 0 Å². The summed E-state index contributed by atoms with van der Waals surface area (Å²) >= 11 is 0. The molecule has 0 radical (unpaired) electrons. The quantitative estimate of drug-likeness (QED) is 0.804. The van der Waals surface area contributed by atoms with Gasteiger partial charge in [-0.25, -0.2) is 9.59 Å². The molecule has 0 bridgehead atoms. The highest BCUT2D eigenvalue weighted by Crippen LogP contribution is 2.19. The van der Waals surface area contributed by atoms with Gasteiger partial charge in [-0.1, -0.05) is 0 Å². The third-order valence-electron chi connectivity index (χ3n) is 3.91. The molecule has 7 nitrogen and oxygen atoms in total. The average Bonchev–Trinajstić information content (AvgIpc) is 3.14. The molecule has 1 fully saturated rings. The fourth-order valence-electron chi connectivity index (χ4n) is 2.74. The van der Waals surface area contributed by atoms with E-state index in [1.165, 1.54) is 7.11 Å². The SMILES string of the molecule is COC(=O)c1cc[nH]c1CNCC1CCN(C(=O)OC(C)(C)C)C1. The molecule has 0 aliphatic carbocycles. The van der Waals surface area contributed by atoms with Crippen LogP contribution in [0.25, 0.3) is 0 Å². The summed E-state index contributed by atoms with van der Waals surface area (Å²) in [5.74, 6) is 0.0408. The van der Waals surface area contributed by atoms with Gasteiger partial charge in [0, 0.05) is 38.1 Å². The Hall–Kier alpha value is -2.02. The molecule has 1 atom stereocenters. The van der Waals surface area contributed by atoms with E-state index in [2.05, 4.69) is 10.3 Å². The second-order valence-corrected chi connectivity index (χ2v) is 7.07. The van der Waals surface area contributed by atoms with Crippen molar-refractivity contribution < 1.29 is 19.1 Å². The molecule has 134 valence electrons. The maximum absolute atomic E-state index is 12.0. The first-order chi connectivity index (χ1) is 11.3. The Balaban J connectivity index is 1.76. The first-order valence-corrected chi connectivity index (χ1v) is 8.23. The van der Waals surface area contributed by atoms with Crippen LogP contribution in [0, 0.1) is 5.92 Å². The van der Waals surface area contributed by atoms with Crippen LogP contribution in [-0.4, -0.2) is 54.3 Å². The van der Waals surface area contributed by atoms with Crippen molar-refractivity contribution in [3.8, 4) is 0 Å². The summed E-state index contributed by atoms with van der Waals surface area (Å²) in [4.78, 5) is 28.5. The highest BCUT2D eigenvalue weighted by atomic mass is 16.6. The molecule has 1 aliphatic heterocycles. The van der Waals surface area contributed by atoms with E-state index in [-0.39, 0.29) is 12.1 Å². The van der Waals surface area contributed by atoms with Gasteiger partial charge in [-0.05, 0) is 39.2 Å². The number of carbonyl (C=O) groups excluding carboxylic acids is 2. The minimum absolute atomic E-state index is 0.248. The number of hydrogen-bond acceptors (Lipinski definition) is 5. The number of amides is 1. The lowest BCUT2D eigenvalue weighted by Crippen LogP contribution is -2.36. The molecule has 0 aromatic carbocycles. The lowest BCUT2D eigenvalue weighted by atomic mass is 10.1. The normalized spacial score (nSPS) is 17.8. The van der Waals surface area contributed by atoms with E-state index in [4.69, 9.17) is 9.47 Å². The molecule has 24 heavy (non-hydrogen) atoms. The number of hydrogen-bond donors (Lipinski definition) is 2. The predicted molar refractivity (Wildman–Crippen MR) is 89.8 cm³/mol.